The minimum absolute atomic E-state index is 0.159. The van der Waals surface area contributed by atoms with Crippen LogP contribution < -0.4 is 10.2 Å². The van der Waals surface area contributed by atoms with Gasteiger partial charge in [-0.25, -0.2) is 0 Å². The van der Waals surface area contributed by atoms with Crippen LogP contribution in [-0.4, -0.2) is 25.0 Å². The van der Waals surface area contributed by atoms with Crippen molar-refractivity contribution in [3.05, 3.63) is 29.3 Å². The molecule has 1 fully saturated rings. The summed E-state index contributed by atoms with van der Waals surface area (Å²) in [5, 5.41) is 3.08. The Labute approximate surface area is 121 Å². The smallest absolute Gasteiger partial charge is 0.279 e. The Balaban J connectivity index is 1.58. The van der Waals surface area contributed by atoms with Crippen LogP contribution >= 0.6 is 0 Å². The average Bonchev–Trinajstić information content (AvgIpc) is 2.89. The third kappa shape index (κ3) is 3.04. The van der Waals surface area contributed by atoms with Crippen molar-refractivity contribution < 1.29 is 9.69 Å². The Kier molecular flexibility index (Phi) is 4.06. The summed E-state index contributed by atoms with van der Waals surface area (Å²) in [7, 11) is 0. The van der Waals surface area contributed by atoms with Gasteiger partial charge in [-0.15, -0.1) is 0 Å². The average molecular weight is 273 g/mol. The normalized spacial score (nSPS) is 25.2. The van der Waals surface area contributed by atoms with Gasteiger partial charge in [0.1, 0.15) is 0 Å². The van der Waals surface area contributed by atoms with Gasteiger partial charge in [0.15, 0.2) is 6.54 Å². The van der Waals surface area contributed by atoms with Crippen molar-refractivity contribution in [2.45, 2.75) is 51.5 Å². The van der Waals surface area contributed by atoms with E-state index in [0.29, 0.717) is 12.6 Å². The molecule has 0 aromatic heterocycles. The Hall–Kier alpha value is -1.35. The molecule has 0 bridgehead atoms. The standard InChI is InChI=1S/C17H24N2O/c1-13-5-2-3-10-19(13)12-17(20)18-16-9-8-14-6-4-7-15(14)11-16/h8-9,11,13H,2-7,10,12H2,1H3,(H,18,20)/p+1/t13-/m1/s1. The molecule has 0 spiro atoms. The number of amides is 1. The molecule has 0 saturated carbocycles. The zero-order valence-electron chi connectivity index (χ0n) is 12.4. The first-order valence-electron chi connectivity index (χ1n) is 7.98. The van der Waals surface area contributed by atoms with Crippen LogP contribution in [-0.2, 0) is 17.6 Å². The number of carbonyl (C=O) groups is 1. The highest BCUT2D eigenvalue weighted by molar-refractivity contribution is 5.91. The van der Waals surface area contributed by atoms with E-state index in [9.17, 15) is 4.79 Å². The van der Waals surface area contributed by atoms with Gasteiger partial charge in [0, 0.05) is 5.69 Å². The van der Waals surface area contributed by atoms with Crippen molar-refractivity contribution in [3.8, 4) is 0 Å². The number of anilines is 1. The van der Waals surface area contributed by atoms with Gasteiger partial charge in [-0.1, -0.05) is 6.07 Å². The van der Waals surface area contributed by atoms with Crippen LogP contribution in [0.1, 0.15) is 43.7 Å². The SMILES string of the molecule is C[C@@H]1CCCC[NH+]1CC(=O)Nc1ccc2c(c1)CCC2. The van der Waals surface area contributed by atoms with E-state index in [4.69, 9.17) is 0 Å². The lowest BCUT2D eigenvalue weighted by Gasteiger charge is -2.29. The Bertz CT molecular complexity index is 498. The Morgan fingerprint density at radius 1 is 1.25 bits per heavy atom. The number of nitrogens with one attached hydrogen (secondary N) is 2. The van der Waals surface area contributed by atoms with Crippen LogP contribution in [0.2, 0.25) is 0 Å². The molecular formula is C17H25N2O+. The molecular weight excluding hydrogens is 248 g/mol. The summed E-state index contributed by atoms with van der Waals surface area (Å²) < 4.78 is 0. The third-order valence-electron chi connectivity index (χ3n) is 4.85. The largest absolute Gasteiger partial charge is 0.325 e. The zero-order chi connectivity index (χ0) is 13.9. The van der Waals surface area contributed by atoms with E-state index in [1.807, 2.05) is 0 Å². The predicted octanol–water partition coefficient (Wildman–Crippen LogP) is 1.57. The maximum Gasteiger partial charge on any atom is 0.279 e. The fourth-order valence-electron chi connectivity index (χ4n) is 3.58. The second-order valence-corrected chi connectivity index (χ2v) is 6.37. The van der Waals surface area contributed by atoms with Gasteiger partial charge in [-0.2, -0.15) is 0 Å². The van der Waals surface area contributed by atoms with E-state index in [1.165, 1.54) is 48.1 Å². The monoisotopic (exact) mass is 273 g/mol. The summed E-state index contributed by atoms with van der Waals surface area (Å²) >= 11 is 0. The molecule has 2 aliphatic rings. The lowest BCUT2D eigenvalue weighted by Crippen LogP contribution is -3.17. The Morgan fingerprint density at radius 3 is 2.95 bits per heavy atom. The predicted molar refractivity (Wildman–Crippen MR) is 81.1 cm³/mol. The lowest BCUT2D eigenvalue weighted by molar-refractivity contribution is -0.920. The summed E-state index contributed by atoms with van der Waals surface area (Å²) in [6.45, 7) is 4.01. The number of rotatable bonds is 3. The fraction of sp³-hybridized carbons (Fsp3) is 0.588. The minimum Gasteiger partial charge on any atom is -0.325 e. The molecule has 2 atom stereocenters. The van der Waals surface area contributed by atoms with Crippen LogP contribution in [0, 0.1) is 0 Å². The molecule has 2 N–H and O–H groups in total. The van der Waals surface area contributed by atoms with E-state index in [-0.39, 0.29) is 5.91 Å². The highest BCUT2D eigenvalue weighted by Gasteiger charge is 2.24. The topological polar surface area (TPSA) is 33.5 Å². The fourth-order valence-corrected chi connectivity index (χ4v) is 3.58. The van der Waals surface area contributed by atoms with Gasteiger partial charge in [0.05, 0.1) is 12.6 Å². The maximum atomic E-state index is 12.2. The first-order chi connectivity index (χ1) is 9.72. The first kappa shape index (κ1) is 13.6. The van der Waals surface area contributed by atoms with Gasteiger partial charge in [-0.05, 0) is 68.7 Å². The molecule has 1 saturated heterocycles. The van der Waals surface area contributed by atoms with Gasteiger partial charge < -0.3 is 10.2 Å². The number of carbonyl (C=O) groups excluding carboxylic acids is 1. The molecule has 20 heavy (non-hydrogen) atoms. The van der Waals surface area contributed by atoms with Gasteiger partial charge in [-0.3, -0.25) is 4.79 Å². The number of hydrogen-bond acceptors (Lipinski definition) is 1. The molecule has 3 heteroatoms. The van der Waals surface area contributed by atoms with Gasteiger partial charge in [0.25, 0.3) is 5.91 Å². The molecule has 1 aromatic rings. The Morgan fingerprint density at radius 2 is 2.10 bits per heavy atom. The summed E-state index contributed by atoms with van der Waals surface area (Å²) in [4.78, 5) is 13.6. The van der Waals surface area contributed by atoms with Crippen LogP contribution in [0.3, 0.4) is 0 Å². The van der Waals surface area contributed by atoms with Crippen LogP contribution in [0.25, 0.3) is 0 Å². The number of hydrogen-bond donors (Lipinski definition) is 2. The van der Waals surface area contributed by atoms with Crippen LogP contribution in [0.15, 0.2) is 18.2 Å². The lowest BCUT2D eigenvalue weighted by atomic mass is 10.0. The van der Waals surface area contributed by atoms with E-state index in [1.54, 1.807) is 0 Å². The van der Waals surface area contributed by atoms with E-state index < -0.39 is 0 Å². The molecule has 1 unspecified atom stereocenters. The summed E-state index contributed by atoms with van der Waals surface area (Å²) in [5.41, 5.74) is 3.85. The first-order valence-corrected chi connectivity index (χ1v) is 7.98. The highest BCUT2D eigenvalue weighted by Crippen LogP contribution is 2.24. The number of quaternary nitrogens is 1. The van der Waals surface area contributed by atoms with Crippen LogP contribution in [0.4, 0.5) is 5.69 Å². The summed E-state index contributed by atoms with van der Waals surface area (Å²) in [5.74, 6) is 0.159. The maximum absolute atomic E-state index is 12.2. The minimum atomic E-state index is 0.159. The van der Waals surface area contributed by atoms with Crippen LogP contribution in [0.5, 0.6) is 0 Å². The number of piperidine rings is 1. The number of likely N-dealkylation sites (tertiary alicyclic amines) is 1. The second kappa shape index (κ2) is 5.96. The molecule has 1 heterocycles. The molecule has 1 amide bonds. The molecule has 1 aliphatic heterocycles. The zero-order valence-corrected chi connectivity index (χ0v) is 12.4. The van der Waals surface area contributed by atoms with E-state index in [0.717, 1.165) is 18.7 Å². The van der Waals surface area contributed by atoms with Gasteiger partial charge >= 0.3 is 0 Å². The van der Waals surface area contributed by atoms with Crippen molar-refractivity contribution >= 4 is 11.6 Å². The summed E-state index contributed by atoms with van der Waals surface area (Å²) in [6.07, 6.45) is 7.43. The molecule has 0 radical (unpaired) electrons. The van der Waals surface area contributed by atoms with Crippen molar-refractivity contribution in [2.24, 2.45) is 0 Å². The highest BCUT2D eigenvalue weighted by atomic mass is 16.2. The van der Waals surface area contributed by atoms with E-state index in [2.05, 4.69) is 30.4 Å². The summed E-state index contributed by atoms with van der Waals surface area (Å²) in [6, 6.07) is 7.01. The quantitative estimate of drug-likeness (QED) is 0.861. The molecule has 3 nitrogen and oxygen atoms in total. The van der Waals surface area contributed by atoms with Crippen molar-refractivity contribution in [1.82, 2.24) is 0 Å². The van der Waals surface area contributed by atoms with Crippen molar-refractivity contribution in [3.63, 3.8) is 0 Å². The van der Waals surface area contributed by atoms with Gasteiger partial charge in [0.2, 0.25) is 0 Å². The van der Waals surface area contributed by atoms with Crippen molar-refractivity contribution in [1.29, 1.82) is 0 Å². The second-order valence-electron chi connectivity index (χ2n) is 6.37. The molecule has 1 aromatic carbocycles. The number of benzene rings is 1. The molecule has 3 rings (SSSR count). The van der Waals surface area contributed by atoms with Crippen molar-refractivity contribution in [2.75, 3.05) is 18.4 Å². The third-order valence-corrected chi connectivity index (χ3v) is 4.85. The number of aryl methyl sites for hydroxylation is 2. The molecule has 1 aliphatic carbocycles. The molecule has 108 valence electrons. The van der Waals surface area contributed by atoms with E-state index >= 15 is 0 Å². The number of fused-ring (bicyclic) bond motifs is 1.